The molecule has 2 amide bonds. The monoisotopic (exact) mass is 451 g/mol. The lowest BCUT2D eigenvalue weighted by atomic mass is 10.3. The van der Waals surface area contributed by atoms with E-state index in [-0.39, 0.29) is 10.9 Å². The molecule has 0 saturated carbocycles. The van der Waals surface area contributed by atoms with E-state index in [4.69, 9.17) is 0 Å². The summed E-state index contributed by atoms with van der Waals surface area (Å²) in [5.41, 5.74) is -0.505. The molecule has 0 aromatic carbocycles. The number of alkyl halides is 3. The molecular weight excluding hydrogens is 435 g/mol. The number of carbonyl (C=O) groups is 2. The standard InChI is InChI=1S/C18H16F3N7O2S/c19-18(20,21)13-3-5-23-16(25-13)28-7-1-6-27(8-9-28)15-22-4-2-11(24-15)10-12-14(29)26-17(30)31-12/h2-5,10H,1,6-9H2,(H,26,29,30)/b12-10-. The molecule has 1 N–H and O–H groups in total. The summed E-state index contributed by atoms with van der Waals surface area (Å²) in [4.78, 5) is 43.2. The zero-order chi connectivity index (χ0) is 22.0. The highest BCUT2D eigenvalue weighted by molar-refractivity contribution is 8.18. The third kappa shape index (κ3) is 4.93. The Labute approximate surface area is 178 Å². The van der Waals surface area contributed by atoms with Gasteiger partial charge in [0.1, 0.15) is 5.69 Å². The topological polar surface area (TPSA) is 104 Å². The van der Waals surface area contributed by atoms with Gasteiger partial charge in [0.25, 0.3) is 11.1 Å². The summed E-state index contributed by atoms with van der Waals surface area (Å²) < 4.78 is 38.8. The SMILES string of the molecule is O=C1NC(=O)/C(=C/c2ccnc(N3CCCN(c4nccc(C(F)(F)F)n4)CC3)n2)S1. The molecule has 9 nitrogen and oxygen atoms in total. The molecular formula is C18H16F3N7O2S. The van der Waals surface area contributed by atoms with Crippen LogP contribution in [0.25, 0.3) is 6.08 Å². The molecule has 2 aromatic rings. The molecule has 0 bridgehead atoms. The predicted molar refractivity (Wildman–Crippen MR) is 107 cm³/mol. The number of rotatable bonds is 3. The summed E-state index contributed by atoms with van der Waals surface area (Å²) in [5, 5.41) is 1.75. The van der Waals surface area contributed by atoms with Crippen LogP contribution in [-0.2, 0) is 11.0 Å². The van der Waals surface area contributed by atoms with Crippen molar-refractivity contribution in [3.8, 4) is 0 Å². The Morgan fingerprint density at radius 1 is 0.968 bits per heavy atom. The molecule has 162 valence electrons. The number of nitrogens with zero attached hydrogens (tertiary/aromatic N) is 6. The maximum atomic E-state index is 12.9. The van der Waals surface area contributed by atoms with E-state index in [0.717, 1.165) is 24.0 Å². The van der Waals surface area contributed by atoms with Crippen LogP contribution in [0.5, 0.6) is 0 Å². The van der Waals surface area contributed by atoms with Gasteiger partial charge in [-0.1, -0.05) is 0 Å². The normalized spacial score (nSPS) is 19.0. The number of carbonyl (C=O) groups excluding carboxylic acids is 2. The summed E-state index contributed by atoms with van der Waals surface area (Å²) in [5.74, 6) is -0.0115. The summed E-state index contributed by atoms with van der Waals surface area (Å²) in [6.45, 7) is 1.92. The predicted octanol–water partition coefficient (Wildman–Crippen LogP) is 2.33. The Morgan fingerprint density at radius 2 is 1.61 bits per heavy atom. The Balaban J connectivity index is 1.48. The van der Waals surface area contributed by atoms with Gasteiger partial charge in [0.05, 0.1) is 10.6 Å². The first kappa shape index (κ1) is 21.0. The van der Waals surface area contributed by atoms with Crippen LogP contribution in [0.15, 0.2) is 29.4 Å². The Hall–Kier alpha value is -3.22. The van der Waals surface area contributed by atoms with Gasteiger partial charge in [0, 0.05) is 38.6 Å². The highest BCUT2D eigenvalue weighted by Gasteiger charge is 2.33. The van der Waals surface area contributed by atoms with Gasteiger partial charge < -0.3 is 9.80 Å². The summed E-state index contributed by atoms with van der Waals surface area (Å²) in [6, 6.07) is 2.46. The fourth-order valence-electron chi connectivity index (χ4n) is 3.13. The number of aromatic nitrogens is 4. The van der Waals surface area contributed by atoms with Gasteiger partial charge in [-0.15, -0.1) is 0 Å². The minimum Gasteiger partial charge on any atom is -0.339 e. The highest BCUT2D eigenvalue weighted by atomic mass is 32.2. The second kappa shape index (κ2) is 8.49. The fraction of sp³-hybridized carbons (Fsp3) is 0.333. The maximum absolute atomic E-state index is 12.9. The molecule has 0 atom stereocenters. The minimum absolute atomic E-state index is 0.0324. The first-order chi connectivity index (χ1) is 14.8. The van der Waals surface area contributed by atoms with Crippen LogP contribution in [-0.4, -0.2) is 57.3 Å². The number of amides is 2. The van der Waals surface area contributed by atoms with Gasteiger partial charge >= 0.3 is 6.18 Å². The highest BCUT2D eigenvalue weighted by Crippen LogP contribution is 2.28. The molecule has 2 saturated heterocycles. The van der Waals surface area contributed by atoms with Gasteiger partial charge in [-0.3, -0.25) is 14.9 Å². The number of halogens is 3. The van der Waals surface area contributed by atoms with Crippen LogP contribution >= 0.6 is 11.8 Å². The molecule has 0 radical (unpaired) electrons. The summed E-state index contributed by atoms with van der Waals surface area (Å²) in [7, 11) is 0. The Bertz CT molecular complexity index is 1050. The van der Waals surface area contributed by atoms with Crippen molar-refractivity contribution < 1.29 is 22.8 Å². The number of thioether (sulfide) groups is 1. The van der Waals surface area contributed by atoms with Crippen molar-refractivity contribution in [2.75, 3.05) is 36.0 Å². The van der Waals surface area contributed by atoms with E-state index in [2.05, 4.69) is 25.3 Å². The average molecular weight is 451 g/mol. The number of hydrogen-bond acceptors (Lipinski definition) is 9. The number of hydrogen-bond donors (Lipinski definition) is 1. The second-order valence-corrected chi connectivity index (χ2v) is 7.72. The van der Waals surface area contributed by atoms with Gasteiger partial charge in [-0.2, -0.15) is 13.2 Å². The quantitative estimate of drug-likeness (QED) is 0.704. The Morgan fingerprint density at radius 3 is 2.23 bits per heavy atom. The zero-order valence-electron chi connectivity index (χ0n) is 16.0. The van der Waals surface area contributed by atoms with Gasteiger partial charge in [0.2, 0.25) is 11.9 Å². The minimum atomic E-state index is -4.53. The summed E-state index contributed by atoms with van der Waals surface area (Å²) in [6.07, 6.45) is 0.275. The van der Waals surface area contributed by atoms with Crippen molar-refractivity contribution in [2.24, 2.45) is 0 Å². The van der Waals surface area contributed by atoms with E-state index in [0.29, 0.717) is 44.2 Å². The van der Waals surface area contributed by atoms with Crippen molar-refractivity contribution >= 4 is 40.9 Å². The van der Waals surface area contributed by atoms with Crippen LogP contribution in [0.4, 0.5) is 29.9 Å². The zero-order valence-corrected chi connectivity index (χ0v) is 16.8. The third-order valence-corrected chi connectivity index (χ3v) is 5.39. The van der Waals surface area contributed by atoms with Crippen molar-refractivity contribution in [2.45, 2.75) is 12.6 Å². The molecule has 0 aliphatic carbocycles. The van der Waals surface area contributed by atoms with Crippen LogP contribution in [0.1, 0.15) is 17.8 Å². The van der Waals surface area contributed by atoms with Crippen molar-refractivity contribution in [3.05, 3.63) is 40.8 Å². The molecule has 0 spiro atoms. The van der Waals surface area contributed by atoms with Crippen molar-refractivity contribution in [1.29, 1.82) is 0 Å². The molecule has 0 unspecified atom stereocenters. The molecule has 2 aliphatic rings. The van der Waals surface area contributed by atoms with E-state index in [1.165, 1.54) is 6.08 Å². The molecule has 4 heterocycles. The molecule has 4 rings (SSSR count). The number of nitrogens with one attached hydrogen (secondary N) is 1. The van der Waals surface area contributed by atoms with E-state index < -0.39 is 23.0 Å². The molecule has 31 heavy (non-hydrogen) atoms. The van der Waals surface area contributed by atoms with Crippen LogP contribution in [0, 0.1) is 0 Å². The lowest BCUT2D eigenvalue weighted by Gasteiger charge is -2.22. The first-order valence-electron chi connectivity index (χ1n) is 9.27. The number of anilines is 2. The Kier molecular flexibility index (Phi) is 5.76. The van der Waals surface area contributed by atoms with Crippen molar-refractivity contribution in [3.63, 3.8) is 0 Å². The van der Waals surface area contributed by atoms with Gasteiger partial charge in [0.15, 0.2) is 0 Å². The molecule has 13 heteroatoms. The van der Waals surface area contributed by atoms with E-state index in [1.54, 1.807) is 17.2 Å². The third-order valence-electron chi connectivity index (χ3n) is 4.58. The van der Waals surface area contributed by atoms with Crippen LogP contribution < -0.4 is 15.1 Å². The van der Waals surface area contributed by atoms with E-state index in [9.17, 15) is 22.8 Å². The largest absolute Gasteiger partial charge is 0.433 e. The second-order valence-electron chi connectivity index (χ2n) is 6.70. The lowest BCUT2D eigenvalue weighted by molar-refractivity contribution is -0.141. The number of imide groups is 1. The maximum Gasteiger partial charge on any atom is 0.433 e. The summed E-state index contributed by atoms with van der Waals surface area (Å²) >= 11 is 0.801. The molecule has 2 aromatic heterocycles. The van der Waals surface area contributed by atoms with Crippen molar-refractivity contribution in [1.82, 2.24) is 25.3 Å². The fourth-order valence-corrected chi connectivity index (χ4v) is 3.79. The lowest BCUT2D eigenvalue weighted by Crippen LogP contribution is -2.32. The van der Waals surface area contributed by atoms with E-state index >= 15 is 0 Å². The smallest absolute Gasteiger partial charge is 0.339 e. The molecule has 2 aliphatic heterocycles. The van der Waals surface area contributed by atoms with Gasteiger partial charge in [-0.05, 0) is 36.4 Å². The first-order valence-corrected chi connectivity index (χ1v) is 10.1. The van der Waals surface area contributed by atoms with E-state index in [1.807, 2.05) is 4.90 Å². The van der Waals surface area contributed by atoms with Gasteiger partial charge in [-0.25, -0.2) is 19.9 Å². The van der Waals surface area contributed by atoms with Crippen LogP contribution in [0.2, 0.25) is 0 Å². The molecule has 2 fully saturated rings. The average Bonchev–Trinajstić information content (AvgIpc) is 2.93. The van der Waals surface area contributed by atoms with Crippen LogP contribution in [0.3, 0.4) is 0 Å².